The number of benzene rings is 2. The molecule has 1 aliphatic carbocycles. The summed E-state index contributed by atoms with van der Waals surface area (Å²) in [6.45, 7) is 0.398. The minimum absolute atomic E-state index is 0.0520. The van der Waals surface area contributed by atoms with Crippen molar-refractivity contribution in [1.82, 2.24) is 0 Å². The lowest BCUT2D eigenvalue weighted by Gasteiger charge is -2.18. The Balaban J connectivity index is 2.21. The Bertz CT molecular complexity index is 622. The summed E-state index contributed by atoms with van der Waals surface area (Å²) in [7, 11) is 0. The summed E-state index contributed by atoms with van der Waals surface area (Å²) in [5, 5.41) is 0. The molecule has 2 aromatic rings. The lowest BCUT2D eigenvalue weighted by molar-refractivity contribution is 0.504. The molecular weight excluding hydrogens is 244 g/mol. The maximum Gasteiger partial charge on any atom is 0.159 e. The summed E-state index contributed by atoms with van der Waals surface area (Å²) in [5.41, 5.74) is 9.92. The fourth-order valence-corrected chi connectivity index (χ4v) is 2.94. The van der Waals surface area contributed by atoms with E-state index >= 15 is 0 Å². The van der Waals surface area contributed by atoms with Crippen molar-refractivity contribution in [3.63, 3.8) is 0 Å². The highest BCUT2D eigenvalue weighted by molar-refractivity contribution is 5.45. The number of hydrogen-bond acceptors (Lipinski definition) is 1. The highest BCUT2D eigenvalue weighted by Crippen LogP contribution is 2.34. The number of hydrogen-bond donors (Lipinski definition) is 1. The molecule has 0 bridgehead atoms. The predicted octanol–water partition coefficient (Wildman–Crippen LogP) is 3.15. The lowest BCUT2D eigenvalue weighted by atomic mass is 9.88. The van der Waals surface area contributed by atoms with E-state index in [1.807, 2.05) is 18.2 Å². The van der Waals surface area contributed by atoms with Crippen LogP contribution in [0.15, 0.2) is 36.4 Å². The zero-order valence-corrected chi connectivity index (χ0v) is 10.5. The van der Waals surface area contributed by atoms with Gasteiger partial charge in [-0.1, -0.05) is 24.3 Å². The topological polar surface area (TPSA) is 26.0 Å². The second kappa shape index (κ2) is 4.74. The molecule has 0 aromatic heterocycles. The number of aryl methyl sites for hydroxylation is 2. The first-order chi connectivity index (χ1) is 9.20. The van der Waals surface area contributed by atoms with Crippen LogP contribution in [0.1, 0.15) is 28.2 Å². The van der Waals surface area contributed by atoms with Crippen LogP contribution < -0.4 is 5.73 Å². The number of rotatable bonds is 1. The van der Waals surface area contributed by atoms with E-state index in [2.05, 4.69) is 6.07 Å². The van der Waals surface area contributed by atoms with Crippen molar-refractivity contribution in [2.75, 3.05) is 6.54 Å². The van der Waals surface area contributed by atoms with Crippen LogP contribution in [0.4, 0.5) is 8.78 Å². The molecule has 0 amide bonds. The second-order valence-electron chi connectivity index (χ2n) is 4.95. The quantitative estimate of drug-likeness (QED) is 0.836. The first-order valence-corrected chi connectivity index (χ1v) is 6.46. The molecule has 0 saturated carbocycles. The maximum atomic E-state index is 13.5. The molecule has 0 fully saturated rings. The molecule has 1 atom stereocenters. The van der Waals surface area contributed by atoms with Gasteiger partial charge in [-0.05, 0) is 47.2 Å². The van der Waals surface area contributed by atoms with Crippen LogP contribution in [0.3, 0.4) is 0 Å². The van der Waals surface area contributed by atoms with Gasteiger partial charge in [0.15, 0.2) is 11.6 Å². The van der Waals surface area contributed by atoms with E-state index in [-0.39, 0.29) is 5.92 Å². The molecule has 0 saturated heterocycles. The zero-order valence-electron chi connectivity index (χ0n) is 10.5. The smallest absolute Gasteiger partial charge is 0.159 e. The highest BCUT2D eigenvalue weighted by atomic mass is 19.2. The van der Waals surface area contributed by atoms with Crippen LogP contribution in [0, 0.1) is 11.6 Å². The Hall–Kier alpha value is -1.74. The summed E-state index contributed by atoms with van der Waals surface area (Å²) in [4.78, 5) is 0. The van der Waals surface area contributed by atoms with Crippen molar-refractivity contribution in [3.8, 4) is 0 Å². The molecule has 0 spiro atoms. The predicted molar refractivity (Wildman–Crippen MR) is 71.1 cm³/mol. The van der Waals surface area contributed by atoms with Crippen LogP contribution in [-0.2, 0) is 12.8 Å². The van der Waals surface area contributed by atoms with E-state index < -0.39 is 11.6 Å². The molecule has 0 radical (unpaired) electrons. The van der Waals surface area contributed by atoms with Gasteiger partial charge in [0.05, 0.1) is 0 Å². The summed E-state index contributed by atoms with van der Waals surface area (Å²) in [6, 6.07) is 10.7. The Morgan fingerprint density at radius 1 is 0.947 bits per heavy atom. The van der Waals surface area contributed by atoms with Gasteiger partial charge >= 0.3 is 0 Å². The third-order valence-corrected chi connectivity index (χ3v) is 3.89. The van der Waals surface area contributed by atoms with Crippen molar-refractivity contribution in [1.29, 1.82) is 0 Å². The highest BCUT2D eigenvalue weighted by Gasteiger charge is 2.24. The largest absolute Gasteiger partial charge is 0.330 e. The molecule has 3 heteroatoms. The monoisotopic (exact) mass is 259 g/mol. The number of nitrogens with two attached hydrogens (primary N) is 1. The van der Waals surface area contributed by atoms with Crippen molar-refractivity contribution in [2.45, 2.75) is 18.8 Å². The SMILES string of the molecule is NCC1c2ccccc2CCc2cc(F)c(F)cc21. The maximum absolute atomic E-state index is 13.5. The van der Waals surface area contributed by atoms with E-state index in [9.17, 15) is 8.78 Å². The molecule has 2 N–H and O–H groups in total. The van der Waals surface area contributed by atoms with Gasteiger partial charge in [0, 0.05) is 12.5 Å². The van der Waals surface area contributed by atoms with Gasteiger partial charge < -0.3 is 5.73 Å². The molecule has 1 unspecified atom stereocenters. The Morgan fingerprint density at radius 3 is 2.42 bits per heavy atom. The Labute approximate surface area is 111 Å². The fraction of sp³-hybridized carbons (Fsp3) is 0.250. The molecule has 0 aliphatic heterocycles. The van der Waals surface area contributed by atoms with Crippen LogP contribution in [-0.4, -0.2) is 6.54 Å². The van der Waals surface area contributed by atoms with E-state index in [4.69, 9.17) is 5.73 Å². The van der Waals surface area contributed by atoms with E-state index in [1.165, 1.54) is 17.7 Å². The lowest BCUT2D eigenvalue weighted by Crippen LogP contribution is -2.15. The Kier molecular flexibility index (Phi) is 3.07. The first kappa shape index (κ1) is 12.3. The second-order valence-corrected chi connectivity index (χ2v) is 4.95. The van der Waals surface area contributed by atoms with E-state index in [0.717, 1.165) is 29.5 Å². The third kappa shape index (κ3) is 2.04. The first-order valence-electron chi connectivity index (χ1n) is 6.46. The average Bonchev–Trinajstić information content (AvgIpc) is 2.56. The van der Waals surface area contributed by atoms with Gasteiger partial charge in [0.2, 0.25) is 0 Å². The van der Waals surface area contributed by atoms with Crippen LogP contribution >= 0.6 is 0 Å². The van der Waals surface area contributed by atoms with Crippen LogP contribution in [0.2, 0.25) is 0 Å². The summed E-state index contributed by atoms with van der Waals surface area (Å²) in [5.74, 6) is -1.62. The van der Waals surface area contributed by atoms with Crippen LogP contribution in [0.25, 0.3) is 0 Å². The van der Waals surface area contributed by atoms with Gasteiger partial charge in [-0.15, -0.1) is 0 Å². The molecule has 3 rings (SSSR count). The van der Waals surface area contributed by atoms with Gasteiger partial charge in [0.25, 0.3) is 0 Å². The molecule has 1 nitrogen and oxygen atoms in total. The van der Waals surface area contributed by atoms with Crippen molar-refractivity contribution < 1.29 is 8.78 Å². The van der Waals surface area contributed by atoms with Gasteiger partial charge in [0.1, 0.15) is 0 Å². The molecule has 1 aliphatic rings. The third-order valence-electron chi connectivity index (χ3n) is 3.89. The van der Waals surface area contributed by atoms with Crippen molar-refractivity contribution in [3.05, 3.63) is 70.3 Å². The molecule has 98 valence electrons. The Morgan fingerprint density at radius 2 is 1.63 bits per heavy atom. The number of fused-ring (bicyclic) bond motifs is 2. The van der Waals surface area contributed by atoms with Gasteiger partial charge in [-0.2, -0.15) is 0 Å². The minimum atomic E-state index is -0.795. The van der Waals surface area contributed by atoms with E-state index in [1.54, 1.807) is 0 Å². The molecule has 19 heavy (non-hydrogen) atoms. The van der Waals surface area contributed by atoms with Gasteiger partial charge in [-0.3, -0.25) is 0 Å². The van der Waals surface area contributed by atoms with Gasteiger partial charge in [-0.25, -0.2) is 8.78 Å². The zero-order chi connectivity index (χ0) is 13.4. The van der Waals surface area contributed by atoms with Crippen molar-refractivity contribution in [2.24, 2.45) is 5.73 Å². The molecule has 0 heterocycles. The van der Waals surface area contributed by atoms with E-state index in [0.29, 0.717) is 6.54 Å². The fourth-order valence-electron chi connectivity index (χ4n) is 2.94. The minimum Gasteiger partial charge on any atom is -0.330 e. The number of halogens is 2. The molecular formula is C16H15F2N. The summed E-state index contributed by atoms with van der Waals surface area (Å²) >= 11 is 0. The summed E-state index contributed by atoms with van der Waals surface area (Å²) < 4.78 is 26.9. The average molecular weight is 259 g/mol. The normalized spacial score (nSPS) is 17.5. The molecule has 2 aromatic carbocycles. The van der Waals surface area contributed by atoms with Crippen molar-refractivity contribution >= 4 is 0 Å². The van der Waals surface area contributed by atoms with Crippen LogP contribution in [0.5, 0.6) is 0 Å². The summed E-state index contributed by atoms with van der Waals surface area (Å²) in [6.07, 6.45) is 1.56. The standard InChI is InChI=1S/C16H15F2N/c17-15-7-11-6-5-10-3-1-2-4-12(10)14(9-19)13(11)8-16(15)18/h1-4,7-8,14H,5-6,9,19H2.